The first kappa shape index (κ1) is 14.4. The molecule has 0 N–H and O–H groups in total. The molecule has 3 nitrogen and oxygen atoms in total. The van der Waals surface area contributed by atoms with Crippen LogP contribution in [0.15, 0.2) is 34.3 Å². The molecule has 0 aromatic carbocycles. The van der Waals surface area contributed by atoms with Gasteiger partial charge in [0.1, 0.15) is 9.88 Å². The van der Waals surface area contributed by atoms with Crippen LogP contribution in [-0.2, 0) is 6.54 Å². The van der Waals surface area contributed by atoms with Crippen molar-refractivity contribution in [3.05, 3.63) is 50.5 Å². The summed E-state index contributed by atoms with van der Waals surface area (Å²) in [5.41, 5.74) is 1.97. The second-order valence-corrected chi connectivity index (χ2v) is 7.43. The number of thiazole rings is 1. The van der Waals surface area contributed by atoms with Gasteiger partial charge in [-0.2, -0.15) is 11.3 Å². The zero-order valence-corrected chi connectivity index (χ0v) is 14.1. The Kier molecular flexibility index (Phi) is 4.19. The molecule has 0 unspecified atom stereocenters. The minimum absolute atomic E-state index is 0.0407. The number of carbonyl (C=O) groups excluding carboxylic acids is 1. The number of nitrogens with zero attached hydrogens (tertiary/aromatic N) is 2. The van der Waals surface area contributed by atoms with Crippen molar-refractivity contribution in [2.75, 3.05) is 7.05 Å². The van der Waals surface area contributed by atoms with Gasteiger partial charge in [-0.3, -0.25) is 4.79 Å². The normalized spacial score (nSPS) is 10.8. The van der Waals surface area contributed by atoms with Gasteiger partial charge in [-0.15, -0.1) is 22.7 Å². The largest absolute Gasteiger partial charge is 0.337 e. The Labute approximate surface area is 135 Å². The summed E-state index contributed by atoms with van der Waals surface area (Å²) >= 11 is 4.77. The molecule has 1 amide bonds. The monoisotopic (exact) mass is 334 g/mol. The Morgan fingerprint density at radius 3 is 2.86 bits per heavy atom. The third kappa shape index (κ3) is 3.07. The molecule has 3 aromatic rings. The Bertz CT molecular complexity index is 729. The number of amides is 1. The molecule has 3 heterocycles. The van der Waals surface area contributed by atoms with Gasteiger partial charge in [0.25, 0.3) is 5.91 Å². The number of thiophene rings is 2. The second kappa shape index (κ2) is 6.09. The molecule has 0 atom stereocenters. The van der Waals surface area contributed by atoms with Crippen LogP contribution in [0.3, 0.4) is 0 Å². The Morgan fingerprint density at radius 1 is 1.33 bits per heavy atom. The van der Waals surface area contributed by atoms with E-state index >= 15 is 0 Å². The smallest absolute Gasteiger partial charge is 0.265 e. The van der Waals surface area contributed by atoms with E-state index in [4.69, 9.17) is 0 Å². The average molecular weight is 334 g/mol. The lowest BCUT2D eigenvalue weighted by Gasteiger charge is -2.15. The van der Waals surface area contributed by atoms with Crippen molar-refractivity contribution < 1.29 is 4.79 Å². The highest BCUT2D eigenvalue weighted by Crippen LogP contribution is 2.31. The van der Waals surface area contributed by atoms with Crippen LogP contribution in [0.1, 0.15) is 20.9 Å². The van der Waals surface area contributed by atoms with Crippen LogP contribution in [0.2, 0.25) is 0 Å². The Morgan fingerprint density at radius 2 is 2.19 bits per heavy atom. The van der Waals surface area contributed by atoms with Gasteiger partial charge in [0.2, 0.25) is 0 Å². The van der Waals surface area contributed by atoms with Crippen molar-refractivity contribution in [2.24, 2.45) is 0 Å². The average Bonchev–Trinajstić information content (AvgIpc) is 3.18. The van der Waals surface area contributed by atoms with Gasteiger partial charge < -0.3 is 4.90 Å². The molecule has 0 saturated carbocycles. The van der Waals surface area contributed by atoms with Crippen molar-refractivity contribution in [3.8, 4) is 9.88 Å². The van der Waals surface area contributed by atoms with E-state index in [-0.39, 0.29) is 5.91 Å². The maximum atomic E-state index is 12.6. The third-order valence-electron chi connectivity index (χ3n) is 3.07. The van der Waals surface area contributed by atoms with E-state index in [1.54, 1.807) is 27.6 Å². The fourth-order valence-electron chi connectivity index (χ4n) is 2.00. The fraction of sp³-hybridized carbons (Fsp3) is 0.200. The number of carbonyl (C=O) groups is 1. The number of aromatic nitrogens is 1. The molecule has 0 saturated heterocycles. The maximum Gasteiger partial charge on any atom is 0.265 e. The first-order valence-electron chi connectivity index (χ1n) is 6.43. The summed E-state index contributed by atoms with van der Waals surface area (Å²) in [5, 5.41) is 7.05. The molecule has 0 fully saturated rings. The van der Waals surface area contributed by atoms with Crippen molar-refractivity contribution in [3.63, 3.8) is 0 Å². The molecule has 3 rings (SSSR count). The van der Waals surface area contributed by atoms with Crippen LogP contribution in [0.5, 0.6) is 0 Å². The summed E-state index contributed by atoms with van der Waals surface area (Å²) < 4.78 is 0. The Balaban J connectivity index is 1.81. The van der Waals surface area contributed by atoms with Gasteiger partial charge in [0, 0.05) is 13.6 Å². The lowest BCUT2D eigenvalue weighted by atomic mass is 10.3. The number of aryl methyl sites for hydroxylation is 1. The van der Waals surface area contributed by atoms with Crippen molar-refractivity contribution in [1.29, 1.82) is 0 Å². The van der Waals surface area contributed by atoms with Gasteiger partial charge in [-0.1, -0.05) is 6.07 Å². The Hall–Kier alpha value is -1.50. The van der Waals surface area contributed by atoms with Gasteiger partial charge >= 0.3 is 0 Å². The predicted molar refractivity (Wildman–Crippen MR) is 90.3 cm³/mol. The van der Waals surface area contributed by atoms with Crippen molar-refractivity contribution >= 4 is 39.9 Å². The molecule has 0 spiro atoms. The lowest BCUT2D eigenvalue weighted by Crippen LogP contribution is -2.25. The zero-order chi connectivity index (χ0) is 14.8. The van der Waals surface area contributed by atoms with E-state index < -0.39 is 0 Å². The molecule has 3 aromatic heterocycles. The first-order valence-corrected chi connectivity index (χ1v) is 9.07. The van der Waals surface area contributed by atoms with Crippen LogP contribution in [-0.4, -0.2) is 22.8 Å². The molecule has 6 heteroatoms. The lowest BCUT2D eigenvalue weighted by molar-refractivity contribution is 0.0789. The van der Waals surface area contributed by atoms with Crippen LogP contribution in [0, 0.1) is 6.92 Å². The summed E-state index contributed by atoms with van der Waals surface area (Å²) in [6, 6.07) is 6.08. The highest BCUT2D eigenvalue weighted by atomic mass is 32.1. The molecule has 108 valence electrons. The summed E-state index contributed by atoms with van der Waals surface area (Å²) in [7, 11) is 1.84. The number of rotatable bonds is 4. The first-order chi connectivity index (χ1) is 10.1. The van der Waals surface area contributed by atoms with E-state index in [1.165, 1.54) is 11.3 Å². The molecule has 0 radical (unpaired) electrons. The van der Waals surface area contributed by atoms with Crippen LogP contribution >= 0.6 is 34.0 Å². The van der Waals surface area contributed by atoms with E-state index in [0.717, 1.165) is 26.0 Å². The predicted octanol–water partition coefficient (Wildman–Crippen LogP) is 4.51. The van der Waals surface area contributed by atoms with E-state index in [0.29, 0.717) is 6.54 Å². The maximum absolute atomic E-state index is 12.6. The molecular formula is C15H14N2OS3. The van der Waals surface area contributed by atoms with Gasteiger partial charge in [-0.05, 0) is 40.8 Å². The van der Waals surface area contributed by atoms with Crippen molar-refractivity contribution in [1.82, 2.24) is 9.88 Å². The van der Waals surface area contributed by atoms with Gasteiger partial charge in [0.05, 0.1) is 10.6 Å². The zero-order valence-electron chi connectivity index (χ0n) is 11.7. The summed E-state index contributed by atoms with van der Waals surface area (Å²) in [5.74, 6) is 0.0407. The molecule has 0 aliphatic carbocycles. The van der Waals surface area contributed by atoms with Crippen LogP contribution in [0.25, 0.3) is 9.88 Å². The van der Waals surface area contributed by atoms with Crippen LogP contribution < -0.4 is 0 Å². The number of hydrogen-bond donors (Lipinski definition) is 0. The number of hydrogen-bond acceptors (Lipinski definition) is 5. The quantitative estimate of drug-likeness (QED) is 0.703. The highest BCUT2D eigenvalue weighted by molar-refractivity contribution is 7.22. The minimum atomic E-state index is 0.0407. The van der Waals surface area contributed by atoms with E-state index in [9.17, 15) is 4.79 Å². The van der Waals surface area contributed by atoms with Gasteiger partial charge in [-0.25, -0.2) is 4.98 Å². The second-order valence-electron chi connectivity index (χ2n) is 4.70. The molecule has 0 aliphatic rings. The summed E-state index contributed by atoms with van der Waals surface area (Å²) in [6.45, 7) is 2.53. The molecule has 21 heavy (non-hydrogen) atoms. The molecular weight excluding hydrogens is 320 g/mol. The SMILES string of the molecule is Cc1nc(-c2cccs2)sc1C(=O)N(C)Cc1ccsc1. The van der Waals surface area contributed by atoms with Crippen LogP contribution in [0.4, 0.5) is 0 Å². The fourth-order valence-corrected chi connectivity index (χ4v) is 4.52. The highest BCUT2D eigenvalue weighted by Gasteiger charge is 2.20. The molecule has 0 bridgehead atoms. The third-order valence-corrected chi connectivity index (χ3v) is 5.99. The summed E-state index contributed by atoms with van der Waals surface area (Å²) in [4.78, 5) is 20.7. The summed E-state index contributed by atoms with van der Waals surface area (Å²) in [6.07, 6.45) is 0. The van der Waals surface area contributed by atoms with Gasteiger partial charge in [0.15, 0.2) is 0 Å². The topological polar surface area (TPSA) is 33.2 Å². The standard InChI is InChI=1S/C15H14N2OS3/c1-10-13(21-14(16-10)12-4-3-6-20-12)15(18)17(2)8-11-5-7-19-9-11/h3-7,9H,8H2,1-2H3. The van der Waals surface area contributed by atoms with E-state index in [2.05, 4.69) is 10.4 Å². The van der Waals surface area contributed by atoms with E-state index in [1.807, 2.05) is 42.9 Å². The minimum Gasteiger partial charge on any atom is -0.337 e. The van der Waals surface area contributed by atoms with Crippen molar-refractivity contribution in [2.45, 2.75) is 13.5 Å². The molecule has 0 aliphatic heterocycles.